The molecule has 0 bridgehead atoms. The summed E-state index contributed by atoms with van der Waals surface area (Å²) in [6.07, 6.45) is 0. The summed E-state index contributed by atoms with van der Waals surface area (Å²) in [6.45, 7) is 0. The van der Waals surface area contributed by atoms with Crippen LogP contribution in [0.4, 0.5) is 10.1 Å². The van der Waals surface area contributed by atoms with E-state index in [0.717, 1.165) is 11.8 Å². The van der Waals surface area contributed by atoms with Crippen LogP contribution < -0.4 is 10.5 Å². The number of hydrogen-bond donors (Lipinski definition) is 0. The van der Waals surface area contributed by atoms with E-state index in [0.29, 0.717) is 16.6 Å². The van der Waals surface area contributed by atoms with Crippen LogP contribution >= 0.6 is 0 Å². The summed E-state index contributed by atoms with van der Waals surface area (Å²) in [7, 11) is 3.75. The zero-order valence-corrected chi connectivity index (χ0v) is 12.5. The van der Waals surface area contributed by atoms with Crippen molar-refractivity contribution in [1.82, 2.24) is 9.55 Å². The molecule has 2 aromatic carbocycles. The number of carbonyl (C=O) groups is 1. The molecule has 3 aromatic rings. The molecule has 1 aliphatic rings. The van der Waals surface area contributed by atoms with E-state index in [4.69, 9.17) is 0 Å². The Balaban J connectivity index is 2.10. The van der Waals surface area contributed by atoms with Gasteiger partial charge in [0, 0.05) is 19.8 Å². The first-order chi connectivity index (χ1) is 11.0. The van der Waals surface area contributed by atoms with Crippen LogP contribution in [-0.4, -0.2) is 29.4 Å². The van der Waals surface area contributed by atoms with E-state index >= 15 is 0 Å². The highest BCUT2D eigenvalue weighted by atomic mass is 19.1. The third-order valence-corrected chi connectivity index (χ3v) is 4.02. The first kappa shape index (κ1) is 13.6. The largest absolute Gasteiger partial charge is 0.378 e. The summed E-state index contributed by atoms with van der Waals surface area (Å²) in [5.74, 6) is -0.923. The van der Waals surface area contributed by atoms with E-state index in [2.05, 4.69) is 4.98 Å². The Labute approximate surface area is 130 Å². The van der Waals surface area contributed by atoms with Crippen LogP contribution in [0.3, 0.4) is 0 Å². The van der Waals surface area contributed by atoms with Crippen LogP contribution in [0.2, 0.25) is 0 Å². The lowest BCUT2D eigenvalue weighted by molar-refractivity contribution is 0.103. The molecule has 23 heavy (non-hydrogen) atoms. The fourth-order valence-corrected chi connectivity index (χ4v) is 2.83. The van der Waals surface area contributed by atoms with Gasteiger partial charge >= 0.3 is 0 Å². The predicted octanol–water partition coefficient (Wildman–Crippen LogP) is 2.14. The van der Waals surface area contributed by atoms with Crippen molar-refractivity contribution >= 4 is 22.4 Å². The van der Waals surface area contributed by atoms with Crippen molar-refractivity contribution in [2.45, 2.75) is 0 Å². The minimum atomic E-state index is -0.516. The highest BCUT2D eigenvalue weighted by Crippen LogP contribution is 2.27. The maximum atomic E-state index is 13.4. The highest BCUT2D eigenvalue weighted by molar-refractivity contribution is 6.13. The third-order valence-electron chi connectivity index (χ3n) is 4.02. The standard InChI is InChI=1S/C17H12FN3O2/c1-20(2)10-4-5-13-11(8-10)17(23)21-14-6-3-9(18)7-12(14)15(22)16(21)19-13/h3-8H,1-2H3. The Hall–Kier alpha value is -3.02. The van der Waals surface area contributed by atoms with Gasteiger partial charge in [-0.2, -0.15) is 0 Å². The molecule has 0 unspecified atom stereocenters. The first-order valence-electron chi connectivity index (χ1n) is 7.06. The molecule has 6 heteroatoms. The van der Waals surface area contributed by atoms with Crippen LogP contribution in [0.25, 0.3) is 16.6 Å². The Morgan fingerprint density at radius 2 is 1.87 bits per heavy atom. The minimum Gasteiger partial charge on any atom is -0.378 e. The summed E-state index contributed by atoms with van der Waals surface area (Å²) >= 11 is 0. The van der Waals surface area contributed by atoms with E-state index in [1.165, 1.54) is 16.7 Å². The molecule has 5 nitrogen and oxygen atoms in total. The highest BCUT2D eigenvalue weighted by Gasteiger charge is 2.30. The lowest BCUT2D eigenvalue weighted by Gasteiger charge is -2.13. The van der Waals surface area contributed by atoms with Gasteiger partial charge in [-0.05, 0) is 36.4 Å². The van der Waals surface area contributed by atoms with Gasteiger partial charge in [0.1, 0.15) is 5.82 Å². The molecular formula is C17H12FN3O2. The Morgan fingerprint density at radius 1 is 1.09 bits per heavy atom. The zero-order valence-electron chi connectivity index (χ0n) is 12.5. The number of ketones is 1. The SMILES string of the molecule is CN(C)c1ccc2nc3n(c(=O)c2c1)-c1ccc(F)cc1C3=O. The summed E-state index contributed by atoms with van der Waals surface area (Å²) in [5, 5.41) is 0.421. The minimum absolute atomic E-state index is 0.0284. The van der Waals surface area contributed by atoms with Gasteiger partial charge in [-0.25, -0.2) is 9.37 Å². The topological polar surface area (TPSA) is 55.2 Å². The first-order valence-corrected chi connectivity index (χ1v) is 7.06. The number of hydrogen-bond acceptors (Lipinski definition) is 4. The molecular weight excluding hydrogens is 297 g/mol. The number of nitrogens with zero attached hydrogens (tertiary/aromatic N) is 3. The maximum absolute atomic E-state index is 13.4. The van der Waals surface area contributed by atoms with Gasteiger partial charge in [0.05, 0.1) is 22.2 Å². The second-order valence-electron chi connectivity index (χ2n) is 5.66. The molecule has 1 aliphatic heterocycles. The molecule has 0 atom stereocenters. The van der Waals surface area contributed by atoms with Gasteiger partial charge in [0.25, 0.3) is 5.56 Å². The van der Waals surface area contributed by atoms with Gasteiger partial charge in [0.15, 0.2) is 5.82 Å². The van der Waals surface area contributed by atoms with Gasteiger partial charge in [-0.1, -0.05) is 0 Å². The van der Waals surface area contributed by atoms with Crippen molar-refractivity contribution in [2.24, 2.45) is 0 Å². The summed E-state index contributed by atoms with van der Waals surface area (Å²) in [5.41, 5.74) is 1.53. The van der Waals surface area contributed by atoms with Gasteiger partial charge in [-0.3, -0.25) is 14.2 Å². The summed E-state index contributed by atoms with van der Waals surface area (Å²) in [6, 6.07) is 9.09. The summed E-state index contributed by atoms with van der Waals surface area (Å²) < 4.78 is 14.7. The monoisotopic (exact) mass is 309 g/mol. The normalized spacial score (nSPS) is 12.4. The van der Waals surface area contributed by atoms with Crippen molar-refractivity contribution in [3.63, 3.8) is 0 Å². The molecule has 0 N–H and O–H groups in total. The molecule has 1 aromatic heterocycles. The van der Waals surface area contributed by atoms with Crippen molar-refractivity contribution in [3.05, 3.63) is 64.0 Å². The van der Waals surface area contributed by atoms with E-state index < -0.39 is 11.6 Å². The Bertz CT molecular complexity index is 1050. The van der Waals surface area contributed by atoms with Crippen molar-refractivity contribution in [1.29, 1.82) is 0 Å². The second-order valence-corrected chi connectivity index (χ2v) is 5.66. The molecule has 0 radical (unpaired) electrons. The summed E-state index contributed by atoms with van der Waals surface area (Å²) in [4.78, 5) is 31.5. The van der Waals surface area contributed by atoms with E-state index in [1.807, 2.05) is 25.1 Å². The van der Waals surface area contributed by atoms with Crippen molar-refractivity contribution < 1.29 is 9.18 Å². The van der Waals surface area contributed by atoms with Crippen LogP contribution in [-0.2, 0) is 0 Å². The van der Waals surface area contributed by atoms with E-state index in [-0.39, 0.29) is 16.9 Å². The Morgan fingerprint density at radius 3 is 2.61 bits per heavy atom. The van der Waals surface area contributed by atoms with Crippen molar-refractivity contribution in [3.8, 4) is 5.69 Å². The molecule has 2 heterocycles. The smallest absolute Gasteiger partial charge is 0.266 e. The number of fused-ring (bicyclic) bond motifs is 4. The van der Waals surface area contributed by atoms with Gasteiger partial charge in [-0.15, -0.1) is 0 Å². The van der Waals surface area contributed by atoms with Crippen LogP contribution in [0.15, 0.2) is 41.2 Å². The third kappa shape index (κ3) is 1.81. The number of rotatable bonds is 1. The average Bonchev–Trinajstić information content (AvgIpc) is 2.80. The maximum Gasteiger partial charge on any atom is 0.266 e. The fourth-order valence-electron chi connectivity index (χ4n) is 2.83. The zero-order chi connectivity index (χ0) is 16.3. The van der Waals surface area contributed by atoms with E-state index in [9.17, 15) is 14.0 Å². The quantitative estimate of drug-likeness (QED) is 0.540. The molecule has 0 aliphatic carbocycles. The van der Waals surface area contributed by atoms with Crippen LogP contribution in [0, 0.1) is 5.82 Å². The van der Waals surface area contributed by atoms with Gasteiger partial charge in [0.2, 0.25) is 5.78 Å². The number of halogens is 1. The molecule has 4 rings (SSSR count). The Kier molecular flexibility index (Phi) is 2.66. The van der Waals surface area contributed by atoms with Crippen LogP contribution in [0.1, 0.15) is 16.2 Å². The average molecular weight is 309 g/mol. The number of benzene rings is 2. The predicted molar refractivity (Wildman–Crippen MR) is 85.1 cm³/mol. The molecule has 0 amide bonds. The molecule has 0 spiro atoms. The van der Waals surface area contributed by atoms with Gasteiger partial charge < -0.3 is 4.90 Å². The second kappa shape index (κ2) is 4.49. The molecule has 114 valence electrons. The molecule has 0 fully saturated rings. The number of carbonyl (C=O) groups excluding carboxylic acids is 1. The lowest BCUT2D eigenvalue weighted by Crippen LogP contribution is -2.22. The lowest BCUT2D eigenvalue weighted by atomic mass is 10.1. The van der Waals surface area contributed by atoms with Crippen molar-refractivity contribution in [2.75, 3.05) is 19.0 Å². The number of aromatic nitrogens is 2. The fraction of sp³-hybridized carbons (Fsp3) is 0.118. The van der Waals surface area contributed by atoms with E-state index in [1.54, 1.807) is 12.1 Å². The van der Waals surface area contributed by atoms with Crippen LogP contribution in [0.5, 0.6) is 0 Å². The number of anilines is 1. The molecule has 0 saturated heterocycles. The molecule has 0 saturated carbocycles.